The Balaban J connectivity index is 1.81. The quantitative estimate of drug-likeness (QED) is 0.698. The molecule has 2 aliphatic heterocycles. The van der Waals surface area contributed by atoms with E-state index in [0.717, 1.165) is 11.3 Å². The number of hydrogen-bond donors (Lipinski definition) is 1. The van der Waals surface area contributed by atoms with Gasteiger partial charge in [0.2, 0.25) is 21.8 Å². The van der Waals surface area contributed by atoms with E-state index in [2.05, 4.69) is 4.72 Å². The Kier molecular flexibility index (Phi) is 7.15. The number of nitrogens with one attached hydrogen (secondary N) is 1. The summed E-state index contributed by atoms with van der Waals surface area (Å²) in [6.45, 7) is 8.15. The Bertz CT molecular complexity index is 894. The third-order valence-corrected chi connectivity index (χ3v) is 6.96. The number of morpholine rings is 1. The second-order valence-corrected chi connectivity index (χ2v) is 9.89. The molecule has 1 atom stereocenters. The van der Waals surface area contributed by atoms with Crippen LogP contribution in [-0.2, 0) is 30.8 Å². The molecule has 2 aliphatic rings. The van der Waals surface area contributed by atoms with Gasteiger partial charge in [0.25, 0.3) is 0 Å². The minimum atomic E-state index is -3.89. The maximum atomic E-state index is 13.1. The zero-order chi connectivity index (χ0) is 21.9. The van der Waals surface area contributed by atoms with Gasteiger partial charge in [0, 0.05) is 31.7 Å². The van der Waals surface area contributed by atoms with E-state index in [9.17, 15) is 18.0 Å². The molecule has 2 heterocycles. The molecule has 1 saturated heterocycles. The standard InChI is InChI=1S/C21H31N3O5S/c1-4-20(25)24-8-7-16-14-17(5-6-19(16)24)30(27,28)22-18(13-15(2)3)21(26)23-9-11-29-12-10-23/h5-6,14-15,18,22H,4,7-13H2,1-3H3. The average molecular weight is 438 g/mol. The highest BCUT2D eigenvalue weighted by Gasteiger charge is 2.32. The number of fused-ring (bicyclic) bond motifs is 1. The second kappa shape index (κ2) is 9.45. The number of ether oxygens (including phenoxy) is 1. The molecular weight excluding hydrogens is 406 g/mol. The number of nitrogens with zero attached hydrogens (tertiary/aromatic N) is 2. The third kappa shape index (κ3) is 5.01. The number of rotatable bonds is 7. The molecule has 0 aromatic heterocycles. The smallest absolute Gasteiger partial charge is 0.241 e. The molecule has 1 fully saturated rings. The van der Waals surface area contributed by atoms with Crippen LogP contribution in [0.5, 0.6) is 0 Å². The number of carbonyl (C=O) groups excluding carboxylic acids is 2. The van der Waals surface area contributed by atoms with E-state index < -0.39 is 16.1 Å². The first-order chi connectivity index (χ1) is 14.2. The van der Waals surface area contributed by atoms with Crippen molar-refractivity contribution in [2.24, 2.45) is 5.92 Å². The number of carbonyl (C=O) groups is 2. The third-order valence-electron chi connectivity index (χ3n) is 5.49. The zero-order valence-electron chi connectivity index (χ0n) is 17.9. The number of anilines is 1. The molecule has 0 spiro atoms. The summed E-state index contributed by atoms with van der Waals surface area (Å²) in [5, 5.41) is 0. The van der Waals surface area contributed by atoms with Crippen LogP contribution in [-0.4, -0.2) is 64.0 Å². The molecule has 1 aromatic carbocycles. The molecule has 0 radical (unpaired) electrons. The number of sulfonamides is 1. The lowest BCUT2D eigenvalue weighted by atomic mass is 10.0. The van der Waals surface area contributed by atoms with Crippen LogP contribution in [0.1, 0.15) is 39.2 Å². The van der Waals surface area contributed by atoms with Crippen molar-refractivity contribution in [2.75, 3.05) is 37.7 Å². The Morgan fingerprint density at radius 2 is 1.87 bits per heavy atom. The molecule has 8 nitrogen and oxygen atoms in total. The van der Waals surface area contributed by atoms with Gasteiger partial charge < -0.3 is 14.5 Å². The van der Waals surface area contributed by atoms with Gasteiger partial charge in [-0.2, -0.15) is 4.72 Å². The fourth-order valence-electron chi connectivity index (χ4n) is 3.93. The molecule has 1 aromatic rings. The SMILES string of the molecule is CCC(=O)N1CCc2cc(S(=O)(=O)NC(CC(C)C)C(=O)N3CCOCC3)ccc21. The Morgan fingerprint density at radius 1 is 1.17 bits per heavy atom. The van der Waals surface area contributed by atoms with E-state index in [1.807, 2.05) is 20.8 Å². The van der Waals surface area contributed by atoms with Crippen LogP contribution in [0.2, 0.25) is 0 Å². The highest BCUT2D eigenvalue weighted by Crippen LogP contribution is 2.30. The van der Waals surface area contributed by atoms with Crippen LogP contribution in [0, 0.1) is 5.92 Å². The molecule has 166 valence electrons. The summed E-state index contributed by atoms with van der Waals surface area (Å²) in [4.78, 5) is 28.5. The minimum absolute atomic E-state index is 0.0237. The highest BCUT2D eigenvalue weighted by molar-refractivity contribution is 7.89. The van der Waals surface area contributed by atoms with Crippen LogP contribution in [0.15, 0.2) is 23.1 Å². The maximum absolute atomic E-state index is 13.1. The molecule has 0 saturated carbocycles. The fourth-order valence-corrected chi connectivity index (χ4v) is 5.18. The molecule has 30 heavy (non-hydrogen) atoms. The van der Waals surface area contributed by atoms with Crippen molar-refractivity contribution in [3.8, 4) is 0 Å². The largest absolute Gasteiger partial charge is 0.378 e. The summed E-state index contributed by atoms with van der Waals surface area (Å²) >= 11 is 0. The first-order valence-corrected chi connectivity index (χ1v) is 12.0. The van der Waals surface area contributed by atoms with Crippen LogP contribution < -0.4 is 9.62 Å². The van der Waals surface area contributed by atoms with Crippen LogP contribution in [0.3, 0.4) is 0 Å². The van der Waals surface area contributed by atoms with Crippen LogP contribution in [0.25, 0.3) is 0 Å². The van der Waals surface area contributed by atoms with Gasteiger partial charge in [0.15, 0.2) is 0 Å². The summed E-state index contributed by atoms with van der Waals surface area (Å²) in [7, 11) is -3.89. The van der Waals surface area contributed by atoms with Crippen LogP contribution in [0.4, 0.5) is 5.69 Å². The molecule has 0 aliphatic carbocycles. The number of benzene rings is 1. The summed E-state index contributed by atoms with van der Waals surface area (Å²) in [5.41, 5.74) is 1.60. The summed E-state index contributed by atoms with van der Waals surface area (Å²) in [6.07, 6.45) is 1.44. The maximum Gasteiger partial charge on any atom is 0.241 e. The molecule has 2 amide bonds. The van der Waals surface area contributed by atoms with Crippen molar-refractivity contribution in [3.63, 3.8) is 0 Å². The van der Waals surface area contributed by atoms with Crippen molar-refractivity contribution < 1.29 is 22.7 Å². The van der Waals surface area contributed by atoms with Crippen LogP contribution >= 0.6 is 0 Å². The molecular formula is C21H31N3O5S. The zero-order valence-corrected chi connectivity index (χ0v) is 18.7. The Labute approximate surface area is 178 Å². The van der Waals surface area contributed by atoms with Crippen molar-refractivity contribution in [3.05, 3.63) is 23.8 Å². The Morgan fingerprint density at radius 3 is 2.50 bits per heavy atom. The van der Waals surface area contributed by atoms with E-state index in [4.69, 9.17) is 4.74 Å². The Hall–Kier alpha value is -1.97. The van der Waals surface area contributed by atoms with E-state index >= 15 is 0 Å². The molecule has 1 N–H and O–H groups in total. The average Bonchev–Trinajstić information content (AvgIpc) is 3.15. The lowest BCUT2D eigenvalue weighted by molar-refractivity contribution is -0.137. The first-order valence-electron chi connectivity index (χ1n) is 10.5. The first kappa shape index (κ1) is 22.7. The van der Waals surface area contributed by atoms with Gasteiger partial charge in [-0.25, -0.2) is 8.42 Å². The molecule has 9 heteroatoms. The van der Waals surface area contributed by atoms with Gasteiger partial charge in [-0.05, 0) is 42.5 Å². The van der Waals surface area contributed by atoms with E-state index in [-0.39, 0.29) is 22.6 Å². The monoisotopic (exact) mass is 437 g/mol. The van der Waals surface area contributed by atoms with Gasteiger partial charge in [-0.3, -0.25) is 9.59 Å². The number of amides is 2. The molecule has 3 rings (SSSR count). The van der Waals surface area contributed by atoms with Gasteiger partial charge in [-0.1, -0.05) is 20.8 Å². The predicted octanol–water partition coefficient (Wildman–Crippen LogP) is 1.54. The van der Waals surface area contributed by atoms with Gasteiger partial charge in [0.05, 0.1) is 18.1 Å². The van der Waals surface area contributed by atoms with Crippen molar-refractivity contribution in [1.82, 2.24) is 9.62 Å². The molecule has 0 bridgehead atoms. The van der Waals surface area contributed by atoms with E-state index in [0.29, 0.717) is 52.1 Å². The van der Waals surface area contributed by atoms with Gasteiger partial charge in [0.1, 0.15) is 6.04 Å². The topological polar surface area (TPSA) is 96.0 Å². The van der Waals surface area contributed by atoms with Crippen molar-refractivity contribution in [2.45, 2.75) is 51.0 Å². The van der Waals surface area contributed by atoms with Crippen molar-refractivity contribution >= 4 is 27.5 Å². The summed E-state index contributed by atoms with van der Waals surface area (Å²) in [6, 6.07) is 3.99. The highest BCUT2D eigenvalue weighted by atomic mass is 32.2. The predicted molar refractivity (Wildman–Crippen MR) is 114 cm³/mol. The lowest BCUT2D eigenvalue weighted by Gasteiger charge is -2.31. The molecule has 1 unspecified atom stereocenters. The normalized spacial score (nSPS) is 17.9. The van der Waals surface area contributed by atoms with Gasteiger partial charge in [-0.15, -0.1) is 0 Å². The summed E-state index contributed by atoms with van der Waals surface area (Å²) in [5.74, 6) is -0.0386. The second-order valence-electron chi connectivity index (χ2n) is 8.18. The van der Waals surface area contributed by atoms with Crippen molar-refractivity contribution in [1.29, 1.82) is 0 Å². The van der Waals surface area contributed by atoms with E-state index in [1.165, 1.54) is 6.07 Å². The summed E-state index contributed by atoms with van der Waals surface area (Å²) < 4.78 is 34.1. The minimum Gasteiger partial charge on any atom is -0.378 e. The number of hydrogen-bond acceptors (Lipinski definition) is 5. The van der Waals surface area contributed by atoms with Gasteiger partial charge >= 0.3 is 0 Å². The van der Waals surface area contributed by atoms with E-state index in [1.54, 1.807) is 21.9 Å². The fraction of sp³-hybridized carbons (Fsp3) is 0.619. The lowest BCUT2D eigenvalue weighted by Crippen LogP contribution is -2.52.